The van der Waals surface area contributed by atoms with Gasteiger partial charge in [-0.05, 0) is 16.7 Å². The van der Waals surface area contributed by atoms with Crippen LogP contribution in [0.15, 0.2) is 66.3 Å². The van der Waals surface area contributed by atoms with Crippen LogP contribution >= 0.6 is 11.3 Å². The topological polar surface area (TPSA) is 74.8 Å². The maximum Gasteiger partial charge on any atom is 0.228 e. The number of hydrogen-bond acceptors (Lipinski definition) is 5. The Kier molecular flexibility index (Phi) is 4.65. The van der Waals surface area contributed by atoms with Crippen molar-refractivity contribution in [2.24, 2.45) is 0 Å². The van der Waals surface area contributed by atoms with E-state index in [0.717, 1.165) is 10.7 Å². The van der Waals surface area contributed by atoms with Crippen molar-refractivity contribution in [1.82, 2.24) is 25.1 Å². The van der Waals surface area contributed by atoms with Crippen molar-refractivity contribution in [3.05, 3.63) is 88.7 Å². The summed E-state index contributed by atoms with van der Waals surface area (Å²) in [5.41, 5.74) is 4.52. The summed E-state index contributed by atoms with van der Waals surface area (Å²) in [5.74, 6) is 0.907. The molecule has 1 amide bonds. The molecule has 1 aliphatic heterocycles. The highest BCUT2D eigenvalue weighted by Gasteiger charge is 2.29. The molecule has 1 N–H and O–H groups in total. The first-order valence-electron chi connectivity index (χ1n) is 9.48. The second-order valence-corrected chi connectivity index (χ2v) is 7.95. The average Bonchev–Trinajstić information content (AvgIpc) is 3.45. The molecule has 0 bridgehead atoms. The number of hydrogen-bond donors (Lipinski definition) is 1. The fourth-order valence-electron chi connectivity index (χ4n) is 3.84. The number of nitrogens with zero attached hydrogens (tertiary/aromatic N) is 4. The van der Waals surface area contributed by atoms with Crippen LogP contribution in [0, 0.1) is 0 Å². The van der Waals surface area contributed by atoms with Crippen molar-refractivity contribution < 1.29 is 4.79 Å². The van der Waals surface area contributed by atoms with Crippen LogP contribution in [0.3, 0.4) is 0 Å². The Morgan fingerprint density at radius 3 is 2.79 bits per heavy atom. The van der Waals surface area contributed by atoms with Crippen molar-refractivity contribution in [2.45, 2.75) is 18.9 Å². The molecule has 1 atom stereocenters. The number of benzene rings is 2. The molecule has 5 rings (SSSR count). The highest BCUT2D eigenvalue weighted by atomic mass is 32.1. The zero-order valence-electron chi connectivity index (χ0n) is 15.7. The third-order valence-corrected chi connectivity index (χ3v) is 6.15. The number of carbonyl (C=O) groups is 1. The largest absolute Gasteiger partial charge is 0.337 e. The van der Waals surface area contributed by atoms with Crippen LogP contribution < -0.4 is 0 Å². The number of nitrogens with one attached hydrogen (secondary N) is 1. The minimum absolute atomic E-state index is 0.0925. The lowest BCUT2D eigenvalue weighted by atomic mass is 9.84. The van der Waals surface area contributed by atoms with Gasteiger partial charge in [-0.15, -0.1) is 11.3 Å². The van der Waals surface area contributed by atoms with Gasteiger partial charge in [-0.25, -0.2) is 9.97 Å². The Hall–Kier alpha value is -3.32. The zero-order chi connectivity index (χ0) is 19.6. The molecule has 4 aromatic rings. The average molecular weight is 401 g/mol. The molecule has 0 spiro atoms. The van der Waals surface area contributed by atoms with Crippen molar-refractivity contribution >= 4 is 17.2 Å². The summed E-state index contributed by atoms with van der Waals surface area (Å²) in [5, 5.41) is 9.33. The van der Waals surface area contributed by atoms with E-state index in [4.69, 9.17) is 0 Å². The lowest BCUT2D eigenvalue weighted by Crippen LogP contribution is -2.39. The van der Waals surface area contributed by atoms with Gasteiger partial charge in [0.2, 0.25) is 5.91 Å². The Labute approximate surface area is 172 Å². The number of rotatable bonds is 4. The number of aromatic amines is 1. The minimum Gasteiger partial charge on any atom is -0.337 e. The van der Waals surface area contributed by atoms with E-state index in [9.17, 15) is 4.79 Å². The van der Waals surface area contributed by atoms with E-state index in [1.807, 2.05) is 22.4 Å². The first-order valence-corrected chi connectivity index (χ1v) is 10.4. The van der Waals surface area contributed by atoms with Crippen molar-refractivity contribution in [3.63, 3.8) is 0 Å². The van der Waals surface area contributed by atoms with Gasteiger partial charge in [0.15, 0.2) is 10.8 Å². The third kappa shape index (κ3) is 3.56. The zero-order valence-corrected chi connectivity index (χ0v) is 16.5. The summed E-state index contributed by atoms with van der Waals surface area (Å²) in [4.78, 5) is 23.7. The molecule has 0 aliphatic carbocycles. The molecule has 1 unspecified atom stereocenters. The molecule has 29 heavy (non-hydrogen) atoms. The molecule has 2 aromatic carbocycles. The highest BCUT2D eigenvalue weighted by molar-refractivity contribution is 7.13. The quantitative estimate of drug-likeness (QED) is 0.566. The number of H-pyrrole nitrogens is 1. The molecular weight excluding hydrogens is 382 g/mol. The van der Waals surface area contributed by atoms with E-state index in [-0.39, 0.29) is 18.2 Å². The fourth-order valence-corrected chi connectivity index (χ4v) is 4.60. The van der Waals surface area contributed by atoms with Gasteiger partial charge in [0, 0.05) is 24.4 Å². The monoisotopic (exact) mass is 401 g/mol. The van der Waals surface area contributed by atoms with Gasteiger partial charge in [-0.2, -0.15) is 5.10 Å². The van der Waals surface area contributed by atoms with E-state index in [0.29, 0.717) is 18.9 Å². The van der Waals surface area contributed by atoms with Crippen LogP contribution in [0.5, 0.6) is 0 Å². The normalized spacial score (nSPS) is 15.9. The number of carbonyl (C=O) groups excluding carboxylic acids is 1. The summed E-state index contributed by atoms with van der Waals surface area (Å²) < 4.78 is 0. The van der Waals surface area contributed by atoms with Gasteiger partial charge in [0.05, 0.1) is 12.1 Å². The second kappa shape index (κ2) is 7.60. The number of thiazole rings is 1. The van der Waals surface area contributed by atoms with Crippen LogP contribution in [0.25, 0.3) is 10.8 Å². The molecule has 1 aliphatic rings. The van der Waals surface area contributed by atoms with Gasteiger partial charge in [0.25, 0.3) is 0 Å². The molecule has 3 heterocycles. The SMILES string of the molecule is O=C(Cc1csc(-c2ncn[nH]2)n1)N1Cc2ccccc2C(c2ccccc2)C1. The Balaban J connectivity index is 1.38. The number of fused-ring (bicyclic) bond motifs is 1. The van der Waals surface area contributed by atoms with E-state index < -0.39 is 0 Å². The van der Waals surface area contributed by atoms with Crippen LogP contribution in [0.4, 0.5) is 0 Å². The Bertz CT molecular complexity index is 1120. The van der Waals surface area contributed by atoms with Crippen LogP contribution in [-0.2, 0) is 17.8 Å². The molecule has 0 fully saturated rings. The van der Waals surface area contributed by atoms with Crippen molar-refractivity contribution in [1.29, 1.82) is 0 Å². The predicted molar refractivity (Wildman–Crippen MR) is 111 cm³/mol. The number of aromatic nitrogens is 4. The third-order valence-electron chi connectivity index (χ3n) is 5.25. The maximum absolute atomic E-state index is 13.1. The van der Waals surface area contributed by atoms with Crippen LogP contribution in [0.1, 0.15) is 28.3 Å². The van der Waals surface area contributed by atoms with Gasteiger partial charge < -0.3 is 4.90 Å². The molecule has 0 saturated carbocycles. The Morgan fingerprint density at radius 1 is 1.14 bits per heavy atom. The minimum atomic E-state index is 0.0925. The van der Waals surface area contributed by atoms with Crippen LogP contribution in [-0.4, -0.2) is 37.5 Å². The lowest BCUT2D eigenvalue weighted by Gasteiger charge is -2.35. The summed E-state index contributed by atoms with van der Waals surface area (Å²) in [6.45, 7) is 1.32. The first-order chi connectivity index (χ1) is 14.3. The first kappa shape index (κ1) is 17.8. The standard InChI is InChI=1S/C22H19N5OS/c28-20(10-17-13-29-22(25-17)21-23-14-24-26-21)27-11-16-8-4-5-9-18(16)19(12-27)15-6-2-1-3-7-15/h1-9,13-14,19H,10-12H2,(H,23,24,26). The summed E-state index contributed by atoms with van der Waals surface area (Å²) in [6.07, 6.45) is 1.74. The van der Waals surface area contributed by atoms with E-state index in [1.165, 1.54) is 34.4 Å². The smallest absolute Gasteiger partial charge is 0.228 e. The summed E-state index contributed by atoms with van der Waals surface area (Å²) in [7, 11) is 0. The molecule has 0 saturated heterocycles. The fraction of sp³-hybridized carbons (Fsp3) is 0.182. The maximum atomic E-state index is 13.1. The van der Waals surface area contributed by atoms with E-state index in [2.05, 4.69) is 62.6 Å². The van der Waals surface area contributed by atoms with Gasteiger partial charge in [-0.3, -0.25) is 9.89 Å². The van der Waals surface area contributed by atoms with Gasteiger partial charge in [0.1, 0.15) is 6.33 Å². The molecular formula is C22H19N5OS. The van der Waals surface area contributed by atoms with E-state index in [1.54, 1.807) is 0 Å². The lowest BCUT2D eigenvalue weighted by molar-refractivity contribution is -0.131. The van der Waals surface area contributed by atoms with Gasteiger partial charge in [-0.1, -0.05) is 54.6 Å². The summed E-state index contributed by atoms with van der Waals surface area (Å²) in [6, 6.07) is 18.8. The second-order valence-electron chi connectivity index (χ2n) is 7.09. The van der Waals surface area contributed by atoms with Gasteiger partial charge >= 0.3 is 0 Å². The molecule has 0 radical (unpaired) electrons. The number of amides is 1. The predicted octanol–water partition coefficient (Wildman–Crippen LogP) is 3.65. The van der Waals surface area contributed by atoms with Crippen LogP contribution in [0.2, 0.25) is 0 Å². The van der Waals surface area contributed by atoms with E-state index >= 15 is 0 Å². The van der Waals surface area contributed by atoms with Crippen molar-refractivity contribution in [3.8, 4) is 10.8 Å². The molecule has 2 aromatic heterocycles. The Morgan fingerprint density at radius 2 is 1.97 bits per heavy atom. The van der Waals surface area contributed by atoms with Crippen molar-refractivity contribution in [2.75, 3.05) is 6.54 Å². The highest BCUT2D eigenvalue weighted by Crippen LogP contribution is 2.33. The summed E-state index contributed by atoms with van der Waals surface area (Å²) >= 11 is 1.47. The molecule has 144 valence electrons. The molecule has 6 nitrogen and oxygen atoms in total. The molecule has 7 heteroatoms.